The molecule has 0 radical (unpaired) electrons. The van der Waals surface area contributed by atoms with Crippen LogP contribution in [0, 0.1) is 19.8 Å². The number of allylic oxidation sites excluding steroid dienone is 2. The molecule has 4 rings (SSSR count). The van der Waals surface area contributed by atoms with E-state index in [-0.39, 0.29) is 24.0 Å². The molecule has 0 saturated carbocycles. The minimum Gasteiger partial charge on any atom is -0.296 e. The predicted molar refractivity (Wildman–Crippen MR) is 119 cm³/mol. The number of benzene rings is 2. The number of rotatable bonds is 4. The van der Waals surface area contributed by atoms with E-state index in [1.807, 2.05) is 49.4 Å². The van der Waals surface area contributed by atoms with Gasteiger partial charge in [0.25, 0.3) is 0 Å². The summed E-state index contributed by atoms with van der Waals surface area (Å²) >= 11 is 0. The SMILES string of the molecule is Cc1ccc(C(=O)CN2CCC(C3=CCc4ccccc4C3=O)CC2)cc1C.Cl. The van der Waals surface area contributed by atoms with Gasteiger partial charge in [-0.3, -0.25) is 14.5 Å². The summed E-state index contributed by atoms with van der Waals surface area (Å²) in [6.07, 6.45) is 4.87. The Labute approximate surface area is 179 Å². The van der Waals surface area contributed by atoms with Gasteiger partial charge in [-0.1, -0.05) is 42.5 Å². The number of fused-ring (bicyclic) bond motifs is 1. The van der Waals surface area contributed by atoms with Gasteiger partial charge in [-0.25, -0.2) is 0 Å². The number of ketones is 2. The van der Waals surface area contributed by atoms with Crippen LogP contribution in [0.15, 0.2) is 54.1 Å². The molecule has 0 atom stereocenters. The molecule has 29 heavy (non-hydrogen) atoms. The maximum absolute atomic E-state index is 12.9. The topological polar surface area (TPSA) is 37.4 Å². The maximum atomic E-state index is 12.9. The van der Waals surface area contributed by atoms with E-state index in [2.05, 4.69) is 17.9 Å². The van der Waals surface area contributed by atoms with Crippen LogP contribution in [0.1, 0.15) is 50.2 Å². The fourth-order valence-corrected chi connectivity index (χ4v) is 4.35. The molecule has 152 valence electrons. The number of halogens is 1. The molecule has 1 fully saturated rings. The highest BCUT2D eigenvalue weighted by Crippen LogP contribution is 2.31. The molecule has 2 aliphatic rings. The quantitative estimate of drug-likeness (QED) is 0.668. The van der Waals surface area contributed by atoms with Crippen molar-refractivity contribution >= 4 is 24.0 Å². The standard InChI is InChI=1S/C25H27NO2.ClH/c1-17-7-8-21(15-18(17)2)24(27)16-26-13-11-20(12-14-26)23-10-9-19-5-3-4-6-22(19)25(23)28;/h3-8,10,15,20H,9,11-14,16H2,1-2H3;1H. The minimum absolute atomic E-state index is 0. The maximum Gasteiger partial charge on any atom is 0.189 e. The van der Waals surface area contributed by atoms with E-state index in [4.69, 9.17) is 0 Å². The predicted octanol–water partition coefficient (Wildman–Crippen LogP) is 4.99. The van der Waals surface area contributed by atoms with Crippen LogP contribution >= 0.6 is 12.4 Å². The third-order valence-electron chi connectivity index (χ3n) is 6.29. The zero-order chi connectivity index (χ0) is 19.7. The molecule has 4 heteroatoms. The Morgan fingerprint density at radius 3 is 2.48 bits per heavy atom. The van der Waals surface area contributed by atoms with Gasteiger partial charge in [-0.2, -0.15) is 0 Å². The second-order valence-corrected chi connectivity index (χ2v) is 8.12. The van der Waals surface area contributed by atoms with E-state index in [9.17, 15) is 9.59 Å². The molecule has 1 saturated heterocycles. The summed E-state index contributed by atoms with van der Waals surface area (Å²) < 4.78 is 0. The van der Waals surface area contributed by atoms with Crippen molar-refractivity contribution in [3.05, 3.63) is 81.9 Å². The van der Waals surface area contributed by atoms with Gasteiger partial charge in [-0.05, 0) is 80.4 Å². The summed E-state index contributed by atoms with van der Waals surface area (Å²) in [5.74, 6) is 0.698. The molecule has 0 bridgehead atoms. The first-order valence-electron chi connectivity index (χ1n) is 10.2. The van der Waals surface area contributed by atoms with Crippen LogP contribution in [0.3, 0.4) is 0 Å². The van der Waals surface area contributed by atoms with Crippen molar-refractivity contribution in [2.45, 2.75) is 33.1 Å². The molecule has 2 aromatic carbocycles. The fourth-order valence-electron chi connectivity index (χ4n) is 4.35. The molecule has 0 amide bonds. The van der Waals surface area contributed by atoms with Crippen molar-refractivity contribution in [3.63, 3.8) is 0 Å². The number of aryl methyl sites for hydroxylation is 2. The molecule has 1 aliphatic carbocycles. The molecule has 0 aromatic heterocycles. The molecule has 1 heterocycles. The van der Waals surface area contributed by atoms with E-state index in [0.717, 1.165) is 60.2 Å². The molecule has 2 aromatic rings. The van der Waals surface area contributed by atoms with E-state index < -0.39 is 0 Å². The van der Waals surface area contributed by atoms with Crippen LogP contribution in [-0.2, 0) is 6.42 Å². The molecule has 0 unspecified atom stereocenters. The highest BCUT2D eigenvalue weighted by atomic mass is 35.5. The summed E-state index contributed by atoms with van der Waals surface area (Å²) in [4.78, 5) is 27.8. The third-order valence-corrected chi connectivity index (χ3v) is 6.29. The Bertz CT molecular complexity index is 955. The van der Waals surface area contributed by atoms with E-state index in [1.165, 1.54) is 5.56 Å². The molecule has 0 N–H and O–H groups in total. The number of Topliss-reactive ketones (excluding diaryl/α,β-unsaturated/α-hetero) is 2. The van der Waals surface area contributed by atoms with Gasteiger partial charge in [0.1, 0.15) is 0 Å². The highest BCUT2D eigenvalue weighted by molar-refractivity contribution is 6.11. The number of hydrogen-bond acceptors (Lipinski definition) is 3. The second kappa shape index (κ2) is 9.06. The Kier molecular flexibility index (Phi) is 6.71. The van der Waals surface area contributed by atoms with Gasteiger partial charge in [0, 0.05) is 11.1 Å². The first kappa shape index (κ1) is 21.5. The zero-order valence-corrected chi connectivity index (χ0v) is 17.9. The number of carbonyl (C=O) groups is 2. The van der Waals surface area contributed by atoms with Gasteiger partial charge in [0.05, 0.1) is 6.54 Å². The summed E-state index contributed by atoms with van der Waals surface area (Å²) in [6.45, 7) is 6.31. The summed E-state index contributed by atoms with van der Waals surface area (Å²) in [6, 6.07) is 13.9. The fraction of sp³-hybridized carbons (Fsp3) is 0.360. The Morgan fingerprint density at radius 1 is 1.03 bits per heavy atom. The number of carbonyl (C=O) groups excluding carboxylic acids is 2. The first-order valence-corrected chi connectivity index (χ1v) is 10.2. The van der Waals surface area contributed by atoms with Gasteiger partial charge < -0.3 is 0 Å². The Balaban J connectivity index is 0.00000240. The lowest BCUT2D eigenvalue weighted by Crippen LogP contribution is -2.38. The zero-order valence-electron chi connectivity index (χ0n) is 17.1. The summed E-state index contributed by atoms with van der Waals surface area (Å²) in [7, 11) is 0. The van der Waals surface area contributed by atoms with Crippen LogP contribution in [0.5, 0.6) is 0 Å². The van der Waals surface area contributed by atoms with Crippen molar-refractivity contribution in [2.75, 3.05) is 19.6 Å². The molecular weight excluding hydrogens is 382 g/mol. The Morgan fingerprint density at radius 2 is 1.76 bits per heavy atom. The normalized spacial score (nSPS) is 17.3. The Hall–Kier alpha value is -2.23. The van der Waals surface area contributed by atoms with Gasteiger partial charge in [0.15, 0.2) is 11.6 Å². The smallest absolute Gasteiger partial charge is 0.189 e. The largest absolute Gasteiger partial charge is 0.296 e. The van der Waals surface area contributed by atoms with Crippen LogP contribution in [0.2, 0.25) is 0 Å². The lowest BCUT2D eigenvalue weighted by atomic mass is 9.80. The lowest BCUT2D eigenvalue weighted by Gasteiger charge is -2.33. The molecule has 1 aliphatic heterocycles. The number of hydrogen-bond donors (Lipinski definition) is 0. The lowest BCUT2D eigenvalue weighted by molar-refractivity contribution is 0.0890. The van der Waals surface area contributed by atoms with Crippen LogP contribution in [-0.4, -0.2) is 36.1 Å². The van der Waals surface area contributed by atoms with Crippen molar-refractivity contribution < 1.29 is 9.59 Å². The third kappa shape index (κ3) is 4.52. The average Bonchev–Trinajstić information content (AvgIpc) is 2.71. The van der Waals surface area contributed by atoms with Gasteiger partial charge in [-0.15, -0.1) is 12.4 Å². The first-order chi connectivity index (χ1) is 13.5. The van der Waals surface area contributed by atoms with E-state index in [1.54, 1.807) is 0 Å². The van der Waals surface area contributed by atoms with Crippen molar-refractivity contribution in [1.29, 1.82) is 0 Å². The van der Waals surface area contributed by atoms with Crippen molar-refractivity contribution in [2.24, 2.45) is 5.92 Å². The number of piperidine rings is 1. The molecular formula is C25H28ClNO2. The second-order valence-electron chi connectivity index (χ2n) is 8.12. The highest BCUT2D eigenvalue weighted by Gasteiger charge is 2.29. The van der Waals surface area contributed by atoms with Crippen molar-refractivity contribution in [1.82, 2.24) is 4.90 Å². The van der Waals surface area contributed by atoms with E-state index in [0.29, 0.717) is 12.5 Å². The molecule has 0 spiro atoms. The minimum atomic E-state index is 0. The molecule has 3 nitrogen and oxygen atoms in total. The van der Waals surface area contributed by atoms with Crippen LogP contribution in [0.4, 0.5) is 0 Å². The van der Waals surface area contributed by atoms with Crippen LogP contribution < -0.4 is 0 Å². The monoisotopic (exact) mass is 409 g/mol. The van der Waals surface area contributed by atoms with Crippen molar-refractivity contribution in [3.8, 4) is 0 Å². The average molecular weight is 410 g/mol. The number of likely N-dealkylation sites (tertiary alicyclic amines) is 1. The van der Waals surface area contributed by atoms with Gasteiger partial charge >= 0.3 is 0 Å². The van der Waals surface area contributed by atoms with E-state index >= 15 is 0 Å². The van der Waals surface area contributed by atoms with Gasteiger partial charge in [0.2, 0.25) is 0 Å². The van der Waals surface area contributed by atoms with Crippen LogP contribution in [0.25, 0.3) is 0 Å². The summed E-state index contributed by atoms with van der Waals surface area (Å²) in [5.41, 5.74) is 6.16. The number of nitrogens with zero attached hydrogens (tertiary/aromatic N) is 1. The summed E-state index contributed by atoms with van der Waals surface area (Å²) in [5, 5.41) is 0.